The molecule has 0 aliphatic carbocycles. The molecule has 2 aromatic rings. The molecule has 0 aliphatic rings. The highest BCUT2D eigenvalue weighted by molar-refractivity contribution is 9.10. The van der Waals surface area contributed by atoms with E-state index < -0.39 is 0 Å². The van der Waals surface area contributed by atoms with Gasteiger partial charge >= 0.3 is 6.03 Å². The van der Waals surface area contributed by atoms with E-state index in [2.05, 4.69) is 48.9 Å². The van der Waals surface area contributed by atoms with Crippen LogP contribution in [0.4, 0.5) is 10.5 Å². The van der Waals surface area contributed by atoms with Crippen LogP contribution in [0.25, 0.3) is 0 Å². The topological polar surface area (TPSA) is 73.5 Å². The van der Waals surface area contributed by atoms with Gasteiger partial charge in [-0.05, 0) is 42.8 Å². The van der Waals surface area contributed by atoms with Crippen LogP contribution in [0.2, 0.25) is 0 Å². The highest BCUT2D eigenvalue weighted by Crippen LogP contribution is 2.11. The Bertz CT molecular complexity index is 723. The second-order valence-electron chi connectivity index (χ2n) is 6.06. The molecule has 7 heteroatoms. The Balaban J connectivity index is 1.53. The van der Waals surface area contributed by atoms with Gasteiger partial charge in [-0.25, -0.2) is 4.79 Å². The van der Waals surface area contributed by atoms with Gasteiger partial charge in [0.15, 0.2) is 0 Å². The van der Waals surface area contributed by atoms with Gasteiger partial charge in [0, 0.05) is 49.0 Å². The first kappa shape index (κ1) is 20.8. The fourth-order valence-corrected chi connectivity index (χ4v) is 2.71. The molecule has 0 saturated carbocycles. The SMILES string of the molecule is CN(CCCNC(=O)NCCNC(=O)c1ccc(Br)cc1)c1ccccc1. The standard InChI is InChI=1S/C20H25BrN4O2/c1-25(18-6-3-2-4-7-18)15-5-12-23-20(27)24-14-13-22-19(26)16-8-10-17(21)11-9-16/h2-4,6-11H,5,12-15H2,1H3,(H,22,26)(H2,23,24,27). The third-order valence-electron chi connectivity index (χ3n) is 3.96. The number of hydrogen-bond acceptors (Lipinski definition) is 3. The lowest BCUT2D eigenvalue weighted by molar-refractivity contribution is 0.0954. The first-order valence-electron chi connectivity index (χ1n) is 8.88. The van der Waals surface area contributed by atoms with Crippen LogP contribution in [0.1, 0.15) is 16.8 Å². The summed E-state index contributed by atoms with van der Waals surface area (Å²) in [5, 5.41) is 8.32. The Kier molecular flexibility index (Phi) is 8.64. The first-order valence-corrected chi connectivity index (χ1v) is 9.67. The fraction of sp³-hybridized carbons (Fsp3) is 0.300. The molecule has 0 aromatic heterocycles. The van der Waals surface area contributed by atoms with Gasteiger partial charge in [-0.2, -0.15) is 0 Å². The van der Waals surface area contributed by atoms with E-state index in [1.807, 2.05) is 37.4 Å². The van der Waals surface area contributed by atoms with E-state index in [-0.39, 0.29) is 11.9 Å². The van der Waals surface area contributed by atoms with Crippen molar-refractivity contribution in [2.24, 2.45) is 0 Å². The minimum atomic E-state index is -0.227. The predicted octanol–water partition coefficient (Wildman–Crippen LogP) is 3.00. The fourth-order valence-electron chi connectivity index (χ4n) is 2.45. The van der Waals surface area contributed by atoms with Gasteiger partial charge in [0.25, 0.3) is 5.91 Å². The van der Waals surface area contributed by atoms with Crippen LogP contribution in [0.5, 0.6) is 0 Å². The number of amides is 3. The molecule has 6 nitrogen and oxygen atoms in total. The number of benzene rings is 2. The molecule has 0 radical (unpaired) electrons. The van der Waals surface area contributed by atoms with Crippen molar-refractivity contribution in [1.82, 2.24) is 16.0 Å². The number of nitrogens with one attached hydrogen (secondary N) is 3. The Morgan fingerprint density at radius 2 is 1.52 bits per heavy atom. The summed E-state index contributed by atoms with van der Waals surface area (Å²) in [6.07, 6.45) is 0.846. The third-order valence-corrected chi connectivity index (χ3v) is 4.48. The number of carbonyl (C=O) groups excluding carboxylic acids is 2. The maximum atomic E-state index is 11.9. The van der Waals surface area contributed by atoms with E-state index in [0.29, 0.717) is 25.2 Å². The van der Waals surface area contributed by atoms with Gasteiger partial charge in [-0.15, -0.1) is 0 Å². The quantitative estimate of drug-likeness (QED) is 0.533. The van der Waals surface area contributed by atoms with Crippen molar-refractivity contribution in [1.29, 1.82) is 0 Å². The van der Waals surface area contributed by atoms with Crippen molar-refractivity contribution in [3.05, 3.63) is 64.6 Å². The molecule has 144 valence electrons. The number of para-hydroxylation sites is 1. The Morgan fingerprint density at radius 1 is 0.889 bits per heavy atom. The molecule has 0 bridgehead atoms. The summed E-state index contributed by atoms with van der Waals surface area (Å²) in [6, 6.07) is 17.0. The van der Waals surface area contributed by atoms with Gasteiger partial charge < -0.3 is 20.9 Å². The van der Waals surface area contributed by atoms with Crippen LogP contribution < -0.4 is 20.9 Å². The first-order chi connectivity index (χ1) is 13.1. The summed E-state index contributed by atoms with van der Waals surface area (Å²) in [5.74, 6) is -0.159. The highest BCUT2D eigenvalue weighted by Gasteiger charge is 2.05. The predicted molar refractivity (Wildman–Crippen MR) is 112 cm³/mol. The number of rotatable bonds is 9. The third kappa shape index (κ3) is 7.70. The summed E-state index contributed by atoms with van der Waals surface area (Å²) < 4.78 is 0.923. The second-order valence-corrected chi connectivity index (χ2v) is 6.97. The molecule has 0 fully saturated rings. The summed E-state index contributed by atoms with van der Waals surface area (Å²) in [5.41, 5.74) is 1.74. The number of urea groups is 1. The zero-order valence-corrected chi connectivity index (χ0v) is 17.0. The lowest BCUT2D eigenvalue weighted by Crippen LogP contribution is -2.41. The lowest BCUT2D eigenvalue weighted by atomic mass is 10.2. The van der Waals surface area contributed by atoms with Crippen LogP contribution in [0, 0.1) is 0 Å². The molecular formula is C20H25BrN4O2. The molecule has 0 spiro atoms. The van der Waals surface area contributed by atoms with E-state index in [0.717, 1.165) is 23.1 Å². The number of halogens is 1. The van der Waals surface area contributed by atoms with Crippen LogP contribution in [-0.2, 0) is 0 Å². The van der Waals surface area contributed by atoms with Crippen LogP contribution in [-0.4, -0.2) is 45.2 Å². The summed E-state index contributed by atoms with van der Waals surface area (Å²) >= 11 is 3.33. The molecule has 0 aliphatic heterocycles. The molecule has 27 heavy (non-hydrogen) atoms. The maximum Gasteiger partial charge on any atom is 0.314 e. The molecule has 0 atom stereocenters. The van der Waals surface area contributed by atoms with Crippen LogP contribution in [0.3, 0.4) is 0 Å². The van der Waals surface area contributed by atoms with Crippen molar-refractivity contribution in [3.8, 4) is 0 Å². The smallest absolute Gasteiger partial charge is 0.314 e. The van der Waals surface area contributed by atoms with E-state index in [1.54, 1.807) is 12.1 Å². The van der Waals surface area contributed by atoms with E-state index >= 15 is 0 Å². The molecule has 0 heterocycles. The average Bonchev–Trinajstić information content (AvgIpc) is 2.69. The van der Waals surface area contributed by atoms with Crippen molar-refractivity contribution >= 4 is 33.6 Å². The average molecular weight is 433 g/mol. The molecule has 0 unspecified atom stereocenters. The highest BCUT2D eigenvalue weighted by atomic mass is 79.9. The van der Waals surface area contributed by atoms with E-state index in [4.69, 9.17) is 0 Å². The van der Waals surface area contributed by atoms with Gasteiger partial charge in [0.1, 0.15) is 0 Å². The largest absolute Gasteiger partial charge is 0.375 e. The lowest BCUT2D eigenvalue weighted by Gasteiger charge is -2.19. The molecule has 2 rings (SSSR count). The number of nitrogens with zero attached hydrogens (tertiary/aromatic N) is 1. The van der Waals surface area contributed by atoms with Crippen LogP contribution >= 0.6 is 15.9 Å². The summed E-state index contributed by atoms with van der Waals surface area (Å²) in [6.45, 7) is 2.19. The van der Waals surface area contributed by atoms with Crippen LogP contribution in [0.15, 0.2) is 59.1 Å². The molecule has 3 amide bonds. The minimum Gasteiger partial charge on any atom is -0.375 e. The van der Waals surface area contributed by atoms with Crippen molar-refractivity contribution in [2.75, 3.05) is 38.1 Å². The summed E-state index contributed by atoms with van der Waals surface area (Å²) in [7, 11) is 2.03. The molecule has 0 saturated heterocycles. The van der Waals surface area contributed by atoms with Gasteiger partial charge in [0.2, 0.25) is 0 Å². The Morgan fingerprint density at radius 3 is 2.22 bits per heavy atom. The summed E-state index contributed by atoms with van der Waals surface area (Å²) in [4.78, 5) is 25.8. The van der Waals surface area contributed by atoms with Gasteiger partial charge in [-0.3, -0.25) is 4.79 Å². The Hall–Kier alpha value is -2.54. The van der Waals surface area contributed by atoms with Gasteiger partial charge in [-0.1, -0.05) is 34.1 Å². The number of carbonyl (C=O) groups is 2. The van der Waals surface area contributed by atoms with E-state index in [1.165, 1.54) is 0 Å². The van der Waals surface area contributed by atoms with Crippen molar-refractivity contribution in [2.45, 2.75) is 6.42 Å². The van der Waals surface area contributed by atoms with Gasteiger partial charge in [0.05, 0.1) is 0 Å². The number of hydrogen-bond donors (Lipinski definition) is 3. The minimum absolute atomic E-state index is 0.159. The normalized spacial score (nSPS) is 10.1. The monoisotopic (exact) mass is 432 g/mol. The Labute approximate surface area is 168 Å². The molecular weight excluding hydrogens is 408 g/mol. The number of anilines is 1. The zero-order valence-electron chi connectivity index (χ0n) is 15.4. The maximum absolute atomic E-state index is 11.9. The van der Waals surface area contributed by atoms with Crippen molar-refractivity contribution < 1.29 is 9.59 Å². The van der Waals surface area contributed by atoms with E-state index in [9.17, 15) is 9.59 Å². The molecule has 3 N–H and O–H groups in total. The van der Waals surface area contributed by atoms with Crippen molar-refractivity contribution in [3.63, 3.8) is 0 Å². The zero-order chi connectivity index (χ0) is 19.5. The molecule has 2 aromatic carbocycles. The second kappa shape index (κ2) is 11.2.